The normalized spacial score (nSPS) is 12.8. The first-order valence-corrected chi connectivity index (χ1v) is 6.95. The molecule has 0 aliphatic rings. The number of benzene rings is 1. The Morgan fingerprint density at radius 2 is 1.94 bits per heavy atom. The van der Waals surface area contributed by atoms with Gasteiger partial charge in [0.15, 0.2) is 0 Å². The monoisotopic (exact) mass is 336 g/mol. The van der Waals surface area contributed by atoms with Crippen LogP contribution in [-0.4, -0.2) is 0 Å². The summed E-state index contributed by atoms with van der Waals surface area (Å²) in [5.41, 5.74) is 0.456. The van der Waals surface area contributed by atoms with Gasteiger partial charge in [0.2, 0.25) is 0 Å². The molecular weight excluding hydrogens is 330 g/mol. The number of halogens is 4. The fraction of sp³-hybridized carbons (Fsp3) is 0.167. The Hall–Kier alpha value is -0.450. The van der Waals surface area contributed by atoms with Crippen molar-refractivity contribution in [3.8, 4) is 0 Å². The van der Waals surface area contributed by atoms with E-state index >= 15 is 0 Å². The van der Waals surface area contributed by atoms with Crippen LogP contribution in [0.4, 0.5) is 8.78 Å². The van der Waals surface area contributed by atoms with Gasteiger partial charge in [0.25, 0.3) is 0 Å². The molecule has 1 heterocycles. The number of alkyl halides is 1. The average molecular weight is 338 g/mol. The third-order valence-corrected chi connectivity index (χ3v) is 4.97. The maximum absolute atomic E-state index is 13.9. The summed E-state index contributed by atoms with van der Waals surface area (Å²) in [5.74, 6) is -1.07. The number of hydrogen-bond donors (Lipinski definition) is 0. The lowest BCUT2D eigenvalue weighted by Gasteiger charge is -2.12. The summed E-state index contributed by atoms with van der Waals surface area (Å²) in [4.78, 5) is 0.262. The topological polar surface area (TPSA) is 0 Å². The summed E-state index contributed by atoms with van der Waals surface area (Å²) >= 11 is 10.4. The molecule has 1 aromatic heterocycles. The summed E-state index contributed by atoms with van der Waals surface area (Å²) in [5, 5.41) is 0. The Balaban J connectivity index is 2.50. The van der Waals surface area contributed by atoms with Crippen molar-refractivity contribution in [2.75, 3.05) is 0 Å². The van der Waals surface area contributed by atoms with Crippen molar-refractivity contribution in [1.29, 1.82) is 0 Å². The van der Waals surface area contributed by atoms with Crippen LogP contribution in [0.2, 0.25) is 4.34 Å². The zero-order chi connectivity index (χ0) is 12.6. The summed E-state index contributed by atoms with van der Waals surface area (Å²) in [7, 11) is 0. The second kappa shape index (κ2) is 5.04. The van der Waals surface area contributed by atoms with E-state index in [1.807, 2.05) is 0 Å². The first-order chi connectivity index (χ1) is 8.00. The van der Waals surface area contributed by atoms with Crippen LogP contribution < -0.4 is 0 Å². The minimum atomic E-state index is -0.556. The maximum Gasteiger partial charge on any atom is 0.133 e. The van der Waals surface area contributed by atoms with Crippen molar-refractivity contribution in [1.82, 2.24) is 0 Å². The van der Waals surface area contributed by atoms with Crippen molar-refractivity contribution in [2.24, 2.45) is 0 Å². The molecule has 2 rings (SSSR count). The molecule has 90 valence electrons. The summed E-state index contributed by atoms with van der Waals surface area (Å²) in [6.45, 7) is 1.61. The second-order valence-electron chi connectivity index (χ2n) is 3.60. The first-order valence-electron chi connectivity index (χ1n) is 4.84. The van der Waals surface area contributed by atoms with Gasteiger partial charge in [-0.2, -0.15) is 0 Å². The van der Waals surface area contributed by atoms with E-state index in [0.717, 1.165) is 4.88 Å². The van der Waals surface area contributed by atoms with E-state index in [-0.39, 0.29) is 5.56 Å². The molecule has 0 aliphatic heterocycles. The number of rotatable bonds is 2. The van der Waals surface area contributed by atoms with Crippen molar-refractivity contribution in [2.45, 2.75) is 11.8 Å². The molecule has 1 unspecified atom stereocenters. The van der Waals surface area contributed by atoms with E-state index in [1.165, 1.54) is 23.5 Å². The van der Waals surface area contributed by atoms with Crippen LogP contribution in [0.3, 0.4) is 0 Å². The highest BCUT2D eigenvalue weighted by molar-refractivity contribution is 9.09. The summed E-state index contributed by atoms with van der Waals surface area (Å²) in [6, 6.07) is 6.17. The standard InChI is InChI=1S/C12H8BrClF2S/c1-6-2-3-7(15)10(12(6)16)11(13)8-4-5-9(14)17-8/h2-5,11H,1H3. The van der Waals surface area contributed by atoms with Gasteiger partial charge in [-0.05, 0) is 30.7 Å². The molecule has 1 aromatic carbocycles. The molecule has 5 heteroatoms. The predicted molar refractivity (Wildman–Crippen MR) is 71.2 cm³/mol. The van der Waals surface area contributed by atoms with Crippen LogP contribution in [0.15, 0.2) is 24.3 Å². The lowest BCUT2D eigenvalue weighted by atomic mass is 10.1. The third-order valence-electron chi connectivity index (χ3n) is 2.42. The molecule has 0 radical (unpaired) electrons. The summed E-state index contributed by atoms with van der Waals surface area (Å²) < 4.78 is 28.2. The van der Waals surface area contributed by atoms with Gasteiger partial charge >= 0.3 is 0 Å². The van der Waals surface area contributed by atoms with Gasteiger partial charge < -0.3 is 0 Å². The van der Waals surface area contributed by atoms with Gasteiger partial charge in [0, 0.05) is 10.4 Å². The quantitative estimate of drug-likeness (QED) is 0.637. The SMILES string of the molecule is Cc1ccc(F)c(C(Br)c2ccc(Cl)s2)c1F. The Labute approximate surface area is 115 Å². The fourth-order valence-electron chi connectivity index (χ4n) is 1.52. The van der Waals surface area contributed by atoms with Crippen molar-refractivity contribution in [3.05, 3.63) is 56.2 Å². The lowest BCUT2D eigenvalue weighted by molar-refractivity contribution is 0.556. The zero-order valence-corrected chi connectivity index (χ0v) is 12.0. The Morgan fingerprint density at radius 1 is 1.24 bits per heavy atom. The van der Waals surface area contributed by atoms with Gasteiger partial charge in [-0.3, -0.25) is 0 Å². The summed E-state index contributed by atoms with van der Waals surface area (Å²) in [6.07, 6.45) is 0. The number of aryl methyl sites for hydroxylation is 1. The molecule has 0 spiro atoms. The molecule has 0 saturated heterocycles. The largest absolute Gasteiger partial charge is 0.207 e. The molecule has 0 amide bonds. The molecule has 0 bridgehead atoms. The van der Waals surface area contributed by atoms with Gasteiger partial charge in [0.05, 0.1) is 9.16 Å². The molecule has 2 aromatic rings. The van der Waals surface area contributed by atoms with Gasteiger partial charge in [-0.15, -0.1) is 11.3 Å². The zero-order valence-electron chi connectivity index (χ0n) is 8.81. The first kappa shape index (κ1) is 13.0. The minimum Gasteiger partial charge on any atom is -0.207 e. The smallest absolute Gasteiger partial charge is 0.133 e. The lowest BCUT2D eigenvalue weighted by Crippen LogP contribution is -2.01. The van der Waals surface area contributed by atoms with Crippen molar-refractivity contribution in [3.63, 3.8) is 0 Å². The van der Waals surface area contributed by atoms with Gasteiger partial charge in [0.1, 0.15) is 11.6 Å². The third kappa shape index (κ3) is 2.54. The van der Waals surface area contributed by atoms with E-state index in [1.54, 1.807) is 19.1 Å². The van der Waals surface area contributed by atoms with Crippen LogP contribution >= 0.6 is 38.9 Å². The van der Waals surface area contributed by atoms with E-state index in [4.69, 9.17) is 11.6 Å². The van der Waals surface area contributed by atoms with Gasteiger partial charge in [-0.1, -0.05) is 33.6 Å². The fourth-order valence-corrected chi connectivity index (χ4v) is 3.42. The molecule has 0 fully saturated rings. The molecule has 0 nitrogen and oxygen atoms in total. The number of thiophene rings is 1. The van der Waals surface area contributed by atoms with Crippen LogP contribution in [0.5, 0.6) is 0 Å². The van der Waals surface area contributed by atoms with E-state index in [9.17, 15) is 8.78 Å². The van der Waals surface area contributed by atoms with Crippen LogP contribution in [0, 0.1) is 18.6 Å². The predicted octanol–water partition coefficient (Wildman–Crippen LogP) is 5.47. The highest BCUT2D eigenvalue weighted by atomic mass is 79.9. The second-order valence-corrected chi connectivity index (χ2v) is 6.26. The Bertz CT molecular complexity index is 553. The molecule has 0 aliphatic carbocycles. The van der Waals surface area contributed by atoms with E-state index in [0.29, 0.717) is 9.90 Å². The van der Waals surface area contributed by atoms with Crippen LogP contribution in [0.25, 0.3) is 0 Å². The van der Waals surface area contributed by atoms with Crippen LogP contribution in [-0.2, 0) is 0 Å². The highest BCUT2D eigenvalue weighted by Crippen LogP contribution is 2.39. The average Bonchev–Trinajstić information content (AvgIpc) is 2.71. The minimum absolute atomic E-state index is 0.0310. The van der Waals surface area contributed by atoms with Gasteiger partial charge in [-0.25, -0.2) is 8.78 Å². The van der Waals surface area contributed by atoms with Crippen molar-refractivity contribution >= 4 is 38.9 Å². The Morgan fingerprint density at radius 3 is 2.53 bits per heavy atom. The van der Waals surface area contributed by atoms with Crippen molar-refractivity contribution < 1.29 is 8.78 Å². The molecular formula is C12H8BrClF2S. The van der Waals surface area contributed by atoms with E-state index in [2.05, 4.69) is 15.9 Å². The molecule has 0 saturated carbocycles. The Kier molecular flexibility index (Phi) is 3.85. The number of hydrogen-bond acceptors (Lipinski definition) is 1. The maximum atomic E-state index is 13.9. The molecule has 1 atom stereocenters. The molecule has 17 heavy (non-hydrogen) atoms. The van der Waals surface area contributed by atoms with E-state index < -0.39 is 16.5 Å². The highest BCUT2D eigenvalue weighted by Gasteiger charge is 2.22. The van der Waals surface area contributed by atoms with Crippen LogP contribution in [0.1, 0.15) is 20.8 Å². The molecule has 0 N–H and O–H groups in total.